The van der Waals surface area contributed by atoms with E-state index in [4.69, 9.17) is 0 Å². The summed E-state index contributed by atoms with van der Waals surface area (Å²) in [5.74, 6) is 0. The molecule has 0 amide bonds. The summed E-state index contributed by atoms with van der Waals surface area (Å²) in [4.78, 5) is 0. The smallest absolute Gasteiger partial charge is 0.0126 e. The first kappa shape index (κ1) is 23.2. The normalized spacial score (nSPS) is 16.8. The minimum atomic E-state index is -0.473. The van der Waals surface area contributed by atoms with Gasteiger partial charge in [-0.15, -0.1) is 0 Å². The summed E-state index contributed by atoms with van der Waals surface area (Å²) in [5, 5.41) is 6.85. The second-order valence-electron chi connectivity index (χ2n) is 10.1. The first-order valence-corrected chi connectivity index (χ1v) is 15.0. The lowest BCUT2D eigenvalue weighted by Gasteiger charge is -2.27. The topological polar surface area (TPSA) is 0 Å². The van der Waals surface area contributed by atoms with Gasteiger partial charge in [-0.2, -0.15) is 0 Å². The number of hydrogen-bond donors (Lipinski definition) is 0. The molecular weight excluding hydrogens is 475 g/mol. The molecule has 38 heavy (non-hydrogen) atoms. The average Bonchev–Trinajstić information content (AvgIpc) is 3.13. The Bertz CT molecular complexity index is 1770. The summed E-state index contributed by atoms with van der Waals surface area (Å²) in [6, 6.07) is 49.3. The summed E-state index contributed by atoms with van der Waals surface area (Å²) in [6.45, 7) is 0. The van der Waals surface area contributed by atoms with Crippen molar-refractivity contribution in [3.05, 3.63) is 156 Å². The van der Waals surface area contributed by atoms with Crippen molar-refractivity contribution in [2.45, 2.75) is 18.2 Å². The molecule has 0 fully saturated rings. The molecule has 0 saturated carbocycles. The van der Waals surface area contributed by atoms with Crippen molar-refractivity contribution < 1.29 is 0 Å². The highest BCUT2D eigenvalue weighted by molar-refractivity contribution is 7.65. The van der Waals surface area contributed by atoms with Crippen LogP contribution in [-0.2, 0) is 6.16 Å². The van der Waals surface area contributed by atoms with E-state index in [-0.39, 0.29) is 0 Å². The van der Waals surface area contributed by atoms with E-state index >= 15 is 0 Å². The molecule has 0 aromatic heterocycles. The van der Waals surface area contributed by atoms with Crippen molar-refractivity contribution in [1.29, 1.82) is 0 Å². The quantitative estimate of drug-likeness (QED) is 0.210. The molecule has 6 aromatic carbocycles. The number of benzene rings is 6. The fourth-order valence-corrected chi connectivity index (χ4v) is 8.97. The maximum Gasteiger partial charge on any atom is 0.0126 e. The Morgan fingerprint density at radius 3 is 1.92 bits per heavy atom. The van der Waals surface area contributed by atoms with Gasteiger partial charge in [0.25, 0.3) is 0 Å². The molecule has 1 unspecified atom stereocenters. The van der Waals surface area contributed by atoms with Crippen LogP contribution in [0.2, 0.25) is 0 Å². The zero-order valence-electron chi connectivity index (χ0n) is 21.3. The zero-order valence-corrected chi connectivity index (χ0v) is 22.2. The van der Waals surface area contributed by atoms with E-state index in [1.807, 2.05) is 0 Å². The molecule has 0 saturated heterocycles. The third kappa shape index (κ3) is 4.16. The lowest BCUT2D eigenvalue weighted by molar-refractivity contribution is 0.963. The lowest BCUT2D eigenvalue weighted by Crippen LogP contribution is -2.08. The van der Waals surface area contributed by atoms with Crippen molar-refractivity contribution in [3.8, 4) is 11.1 Å². The van der Waals surface area contributed by atoms with E-state index in [1.54, 1.807) is 0 Å². The largest absolute Gasteiger partial charge is 0.0830 e. The van der Waals surface area contributed by atoms with Crippen LogP contribution in [0.4, 0.5) is 0 Å². The van der Waals surface area contributed by atoms with Crippen LogP contribution in [0.3, 0.4) is 0 Å². The Hall–Kier alpha value is -3.99. The van der Waals surface area contributed by atoms with E-state index < -0.39 is 7.92 Å². The Morgan fingerprint density at radius 2 is 1.18 bits per heavy atom. The van der Waals surface area contributed by atoms with Gasteiger partial charge < -0.3 is 0 Å². The highest BCUT2D eigenvalue weighted by Gasteiger charge is 2.32. The van der Waals surface area contributed by atoms with E-state index in [2.05, 4.69) is 146 Å². The fourth-order valence-electron chi connectivity index (χ4n) is 6.09. The molecule has 2 atom stereocenters. The third-order valence-corrected chi connectivity index (χ3v) is 10.7. The van der Waals surface area contributed by atoms with Gasteiger partial charge in [-0.3, -0.25) is 0 Å². The SMILES string of the molecule is C(=C\c1ccccc1)/CC1c2ccc3ccccc3c2-c2c(ccc3ccccc23)C[P@]1c1ccccc1. The molecule has 0 bridgehead atoms. The van der Waals surface area contributed by atoms with Crippen molar-refractivity contribution in [1.82, 2.24) is 0 Å². The summed E-state index contributed by atoms with van der Waals surface area (Å²) in [6.07, 6.45) is 6.82. The van der Waals surface area contributed by atoms with Crippen molar-refractivity contribution in [3.63, 3.8) is 0 Å². The molecule has 1 heteroatoms. The second kappa shape index (κ2) is 10.1. The predicted molar refractivity (Wildman–Crippen MR) is 166 cm³/mol. The van der Waals surface area contributed by atoms with Gasteiger partial charge in [-0.05, 0) is 67.2 Å². The third-order valence-electron chi connectivity index (χ3n) is 7.86. The monoisotopic (exact) mass is 504 g/mol. The van der Waals surface area contributed by atoms with E-state index in [0.717, 1.165) is 12.6 Å². The Labute approximate surface area is 226 Å². The molecule has 1 heterocycles. The average molecular weight is 505 g/mol. The minimum absolute atomic E-state index is 0.429. The summed E-state index contributed by atoms with van der Waals surface area (Å²) >= 11 is 0. The van der Waals surface area contributed by atoms with Gasteiger partial charge in [0.15, 0.2) is 0 Å². The highest BCUT2D eigenvalue weighted by Crippen LogP contribution is 2.61. The molecule has 182 valence electrons. The van der Waals surface area contributed by atoms with Crippen molar-refractivity contribution in [2.24, 2.45) is 0 Å². The maximum atomic E-state index is 2.44. The van der Waals surface area contributed by atoms with Crippen LogP contribution < -0.4 is 5.30 Å². The minimum Gasteiger partial charge on any atom is -0.0830 e. The summed E-state index contributed by atoms with van der Waals surface area (Å²) < 4.78 is 0. The molecular formula is C37H29P. The molecule has 1 aliphatic heterocycles. The highest BCUT2D eigenvalue weighted by atomic mass is 31.1. The predicted octanol–water partition coefficient (Wildman–Crippen LogP) is 10.1. The molecule has 0 N–H and O–H groups in total. The van der Waals surface area contributed by atoms with E-state index in [0.29, 0.717) is 5.66 Å². The van der Waals surface area contributed by atoms with Crippen LogP contribution >= 0.6 is 7.92 Å². The van der Waals surface area contributed by atoms with Crippen LogP contribution in [0.5, 0.6) is 0 Å². The molecule has 0 spiro atoms. The van der Waals surface area contributed by atoms with Crippen LogP contribution in [0.15, 0.2) is 140 Å². The number of rotatable bonds is 4. The molecule has 0 aliphatic carbocycles. The van der Waals surface area contributed by atoms with Gasteiger partial charge in [0.2, 0.25) is 0 Å². The lowest BCUT2D eigenvalue weighted by atomic mass is 9.86. The van der Waals surface area contributed by atoms with Crippen LogP contribution in [0.1, 0.15) is 28.8 Å². The first-order valence-electron chi connectivity index (χ1n) is 13.4. The van der Waals surface area contributed by atoms with Crippen LogP contribution in [0, 0.1) is 0 Å². The van der Waals surface area contributed by atoms with Gasteiger partial charge >= 0.3 is 0 Å². The molecule has 1 aliphatic rings. The van der Waals surface area contributed by atoms with Crippen molar-refractivity contribution in [2.75, 3.05) is 0 Å². The van der Waals surface area contributed by atoms with Crippen molar-refractivity contribution >= 4 is 40.8 Å². The number of allylic oxidation sites excluding steroid dienone is 1. The van der Waals surface area contributed by atoms with Crippen LogP contribution in [0.25, 0.3) is 38.7 Å². The standard InChI is InChI=1S/C37H29P/c1-3-12-27(13-4-1)14-11-21-35-34-25-24-29-16-8-10-20-33(29)37(34)36-30(23-22-28-15-7-9-19-32(28)36)26-38(35)31-17-5-2-6-18-31/h1-20,22-25,35H,21,26H2/b14-11+/t35?,38-/m1/s1. The van der Waals surface area contributed by atoms with Gasteiger partial charge in [0.05, 0.1) is 0 Å². The first-order chi connectivity index (χ1) is 18.9. The molecule has 7 rings (SSSR count). The second-order valence-corrected chi connectivity index (χ2v) is 12.5. The Kier molecular flexibility index (Phi) is 6.12. The maximum absolute atomic E-state index is 2.44. The van der Waals surface area contributed by atoms with Gasteiger partial charge in [-0.25, -0.2) is 0 Å². The van der Waals surface area contributed by atoms with Gasteiger partial charge in [0, 0.05) is 5.66 Å². The molecule has 0 nitrogen and oxygen atoms in total. The molecule has 6 aromatic rings. The van der Waals surface area contributed by atoms with Gasteiger partial charge in [-0.1, -0.05) is 154 Å². The Morgan fingerprint density at radius 1 is 0.579 bits per heavy atom. The number of hydrogen-bond acceptors (Lipinski definition) is 0. The molecule has 0 radical (unpaired) electrons. The van der Waals surface area contributed by atoms with Gasteiger partial charge in [0.1, 0.15) is 0 Å². The zero-order chi connectivity index (χ0) is 25.3. The summed E-state index contributed by atoms with van der Waals surface area (Å²) in [5.41, 5.74) is 7.54. The summed E-state index contributed by atoms with van der Waals surface area (Å²) in [7, 11) is -0.473. The van der Waals surface area contributed by atoms with E-state index in [1.165, 1.54) is 54.7 Å². The van der Waals surface area contributed by atoms with E-state index in [9.17, 15) is 0 Å². The Balaban J connectivity index is 1.50. The number of fused-ring (bicyclic) bond motifs is 7. The van der Waals surface area contributed by atoms with Crippen LogP contribution in [-0.4, -0.2) is 0 Å². The fraction of sp³-hybridized carbons (Fsp3) is 0.0811.